The minimum absolute atomic E-state index is 0. The van der Waals surface area contributed by atoms with E-state index >= 15 is 0 Å². The number of esters is 1. The summed E-state index contributed by atoms with van der Waals surface area (Å²) in [6.45, 7) is 1.25. The molecule has 102 valence electrons. The second kappa shape index (κ2) is 7.67. The summed E-state index contributed by atoms with van der Waals surface area (Å²) >= 11 is 0. The number of carbonyl (C=O) groups is 3. The van der Waals surface area contributed by atoms with Crippen LogP contribution in [0, 0.1) is 0 Å². The second-order valence-corrected chi connectivity index (χ2v) is 3.56. The smallest absolute Gasteiger partial charge is 0.331 e. The Morgan fingerprint density at radius 1 is 1.39 bits per heavy atom. The fraction of sp³-hybridized carbons (Fsp3) is 0.500. The summed E-state index contributed by atoms with van der Waals surface area (Å²) in [4.78, 5) is 33.8. The Morgan fingerprint density at radius 3 is 2.56 bits per heavy atom. The number of morpholine rings is 1. The van der Waals surface area contributed by atoms with Crippen LogP contribution >= 0.6 is 12.4 Å². The Hall–Kier alpha value is -1.60. The van der Waals surface area contributed by atoms with E-state index in [9.17, 15) is 14.4 Å². The average Bonchev–Trinajstić information content (AvgIpc) is 2.23. The number of carboxylic acid groups (broad SMARTS) is 2. The molecule has 1 heterocycles. The summed E-state index contributed by atoms with van der Waals surface area (Å²) in [5.74, 6) is -2.90. The summed E-state index contributed by atoms with van der Waals surface area (Å²) < 4.78 is 4.72. The number of carboxylic acids is 2. The third-order valence-corrected chi connectivity index (χ3v) is 2.29. The molecule has 0 spiro atoms. The zero-order chi connectivity index (χ0) is 12.8. The molecule has 8 heteroatoms. The van der Waals surface area contributed by atoms with Gasteiger partial charge in [0, 0.05) is 24.7 Å². The molecule has 0 aromatic rings. The van der Waals surface area contributed by atoms with E-state index in [4.69, 9.17) is 14.9 Å². The van der Waals surface area contributed by atoms with Gasteiger partial charge in [0.1, 0.15) is 6.61 Å². The third kappa shape index (κ3) is 5.65. The molecule has 1 fully saturated rings. The number of ether oxygens (including phenoxy) is 1. The lowest BCUT2D eigenvalue weighted by atomic mass is 10.1. The molecule has 0 unspecified atom stereocenters. The summed E-state index contributed by atoms with van der Waals surface area (Å²) in [7, 11) is 0. The number of nitrogens with zero attached hydrogens (tertiary/aromatic N) is 1. The van der Waals surface area contributed by atoms with E-state index in [0.717, 1.165) is 0 Å². The van der Waals surface area contributed by atoms with Gasteiger partial charge in [-0.15, -0.1) is 12.4 Å². The van der Waals surface area contributed by atoms with E-state index in [1.165, 1.54) is 0 Å². The standard InChI is InChI=1S/C10H13NO6.ClH/c12-8(13)5-7(10(15)16)1-2-11-3-4-17-9(14)6-11;/h5H,1-4,6H2,(H,12,13)(H,15,16);1H/b7-5+;. The lowest BCUT2D eigenvalue weighted by molar-refractivity contribution is -0.150. The highest BCUT2D eigenvalue weighted by atomic mass is 35.5. The molecular formula is C10H14ClNO6. The summed E-state index contributed by atoms with van der Waals surface area (Å²) in [6, 6.07) is 0. The Kier molecular flexibility index (Phi) is 6.99. The van der Waals surface area contributed by atoms with Crippen molar-refractivity contribution in [1.29, 1.82) is 0 Å². The molecule has 0 atom stereocenters. The number of hydrogen-bond donors (Lipinski definition) is 2. The molecule has 0 aliphatic carbocycles. The maximum absolute atomic E-state index is 10.9. The molecule has 7 nitrogen and oxygen atoms in total. The lowest BCUT2D eigenvalue weighted by Gasteiger charge is -2.25. The zero-order valence-electron chi connectivity index (χ0n) is 9.50. The van der Waals surface area contributed by atoms with Gasteiger partial charge >= 0.3 is 17.9 Å². The molecule has 1 saturated heterocycles. The highest BCUT2D eigenvalue weighted by Crippen LogP contribution is 2.06. The van der Waals surface area contributed by atoms with E-state index in [1.807, 2.05) is 0 Å². The predicted molar refractivity (Wildman–Crippen MR) is 62.6 cm³/mol. The molecule has 18 heavy (non-hydrogen) atoms. The highest BCUT2D eigenvalue weighted by molar-refractivity contribution is 5.94. The van der Waals surface area contributed by atoms with Crippen molar-refractivity contribution in [2.24, 2.45) is 0 Å². The maximum Gasteiger partial charge on any atom is 0.331 e. The van der Waals surface area contributed by atoms with Gasteiger partial charge in [0.15, 0.2) is 0 Å². The van der Waals surface area contributed by atoms with Crippen LogP contribution in [0.15, 0.2) is 11.6 Å². The second-order valence-electron chi connectivity index (χ2n) is 3.56. The fourth-order valence-corrected chi connectivity index (χ4v) is 1.46. The van der Waals surface area contributed by atoms with Crippen molar-refractivity contribution in [3.8, 4) is 0 Å². The topological polar surface area (TPSA) is 104 Å². The SMILES string of the molecule is Cl.O=C(O)/C=C(\CCN1CCOC(=O)C1)C(=O)O. The third-order valence-electron chi connectivity index (χ3n) is 2.29. The first-order valence-electron chi connectivity index (χ1n) is 5.04. The number of halogens is 1. The van der Waals surface area contributed by atoms with E-state index in [0.29, 0.717) is 19.2 Å². The van der Waals surface area contributed by atoms with Crippen LogP contribution in [-0.4, -0.2) is 59.3 Å². The molecule has 2 N–H and O–H groups in total. The first-order valence-corrected chi connectivity index (χ1v) is 5.04. The van der Waals surface area contributed by atoms with Crippen LogP contribution in [-0.2, 0) is 19.1 Å². The van der Waals surface area contributed by atoms with Gasteiger partial charge in [-0.1, -0.05) is 0 Å². The van der Waals surface area contributed by atoms with Gasteiger partial charge in [0.2, 0.25) is 0 Å². The summed E-state index contributed by atoms with van der Waals surface area (Å²) in [6.07, 6.45) is 0.750. The van der Waals surface area contributed by atoms with Crippen LogP contribution < -0.4 is 0 Å². The molecule has 1 aliphatic rings. The zero-order valence-corrected chi connectivity index (χ0v) is 10.3. The fourth-order valence-electron chi connectivity index (χ4n) is 1.46. The Balaban J connectivity index is 0.00000289. The van der Waals surface area contributed by atoms with Crippen molar-refractivity contribution in [2.75, 3.05) is 26.2 Å². The van der Waals surface area contributed by atoms with Crippen LogP contribution in [0.3, 0.4) is 0 Å². The van der Waals surface area contributed by atoms with Gasteiger partial charge in [-0.05, 0) is 6.42 Å². The molecule has 1 rings (SSSR count). The summed E-state index contributed by atoms with van der Waals surface area (Å²) in [5.41, 5.74) is -0.184. The van der Waals surface area contributed by atoms with Crippen molar-refractivity contribution in [1.82, 2.24) is 4.90 Å². The van der Waals surface area contributed by atoms with Crippen LogP contribution in [0.4, 0.5) is 0 Å². The minimum atomic E-state index is -1.29. The van der Waals surface area contributed by atoms with Gasteiger partial charge in [-0.2, -0.15) is 0 Å². The molecule has 0 saturated carbocycles. The van der Waals surface area contributed by atoms with Crippen molar-refractivity contribution >= 4 is 30.3 Å². The average molecular weight is 280 g/mol. The quantitative estimate of drug-likeness (QED) is 0.528. The normalized spacial score (nSPS) is 16.7. The van der Waals surface area contributed by atoms with Gasteiger partial charge < -0.3 is 14.9 Å². The molecule has 0 radical (unpaired) electrons. The van der Waals surface area contributed by atoms with Crippen molar-refractivity contribution in [2.45, 2.75) is 6.42 Å². The van der Waals surface area contributed by atoms with Crippen LogP contribution in [0.5, 0.6) is 0 Å². The molecule has 0 aromatic carbocycles. The van der Waals surface area contributed by atoms with Crippen molar-refractivity contribution < 1.29 is 29.3 Å². The number of hydrogen-bond acceptors (Lipinski definition) is 5. The van der Waals surface area contributed by atoms with Gasteiger partial charge in [-0.3, -0.25) is 9.69 Å². The molecule has 0 bridgehead atoms. The number of rotatable bonds is 5. The summed E-state index contributed by atoms with van der Waals surface area (Å²) in [5, 5.41) is 17.2. The number of carbonyl (C=O) groups excluding carboxylic acids is 1. The van der Waals surface area contributed by atoms with E-state index in [2.05, 4.69) is 0 Å². The van der Waals surface area contributed by atoms with E-state index in [-0.39, 0.29) is 43.5 Å². The highest BCUT2D eigenvalue weighted by Gasteiger charge is 2.19. The lowest BCUT2D eigenvalue weighted by Crippen LogP contribution is -2.40. The molecular weight excluding hydrogens is 266 g/mol. The van der Waals surface area contributed by atoms with Gasteiger partial charge in [0.25, 0.3) is 0 Å². The Labute approximate surface area is 109 Å². The van der Waals surface area contributed by atoms with Crippen molar-refractivity contribution in [3.63, 3.8) is 0 Å². The Morgan fingerprint density at radius 2 is 2.06 bits per heavy atom. The van der Waals surface area contributed by atoms with Crippen LogP contribution in [0.1, 0.15) is 6.42 Å². The van der Waals surface area contributed by atoms with Crippen LogP contribution in [0.2, 0.25) is 0 Å². The number of cyclic esters (lactones) is 1. The van der Waals surface area contributed by atoms with Crippen LogP contribution in [0.25, 0.3) is 0 Å². The first-order chi connectivity index (χ1) is 7.99. The maximum atomic E-state index is 10.9. The monoisotopic (exact) mass is 279 g/mol. The first kappa shape index (κ1) is 16.4. The van der Waals surface area contributed by atoms with Gasteiger partial charge in [-0.25, -0.2) is 9.59 Å². The number of aliphatic carboxylic acids is 2. The predicted octanol–water partition coefficient (Wildman–Crippen LogP) is -0.247. The molecule has 0 aromatic heterocycles. The minimum Gasteiger partial charge on any atom is -0.478 e. The largest absolute Gasteiger partial charge is 0.478 e. The van der Waals surface area contributed by atoms with Crippen molar-refractivity contribution in [3.05, 3.63) is 11.6 Å². The molecule has 1 aliphatic heterocycles. The van der Waals surface area contributed by atoms with Gasteiger partial charge in [0.05, 0.1) is 6.54 Å². The Bertz CT molecular complexity index is 367. The van der Waals surface area contributed by atoms with E-state index < -0.39 is 11.9 Å². The van der Waals surface area contributed by atoms with E-state index in [1.54, 1.807) is 4.90 Å². The molecule has 0 amide bonds.